The molecule has 0 atom stereocenters. The third-order valence-electron chi connectivity index (χ3n) is 3.98. The first kappa shape index (κ1) is 20.6. The standard InChI is InChI=1S/C19H28BrN5O/c1-3-10-24(11-4-2)12-6-9-18(26)22-19-21-15-25(23-19)14-16-7-5-8-17(20)13-16/h5,7-8,13,15H,3-4,6,9-12,14H2,1-2H3,(H,22,23,26). The van der Waals surface area contributed by atoms with Gasteiger partial charge in [0.2, 0.25) is 11.9 Å². The van der Waals surface area contributed by atoms with Crippen molar-refractivity contribution in [2.45, 2.75) is 46.1 Å². The van der Waals surface area contributed by atoms with Crippen molar-refractivity contribution in [2.75, 3.05) is 25.0 Å². The van der Waals surface area contributed by atoms with Crippen LogP contribution in [-0.4, -0.2) is 45.2 Å². The number of carbonyl (C=O) groups excluding carboxylic acids is 1. The number of hydrogen-bond acceptors (Lipinski definition) is 4. The number of nitrogens with one attached hydrogen (secondary N) is 1. The van der Waals surface area contributed by atoms with Crippen LogP contribution in [0.4, 0.5) is 5.95 Å². The summed E-state index contributed by atoms with van der Waals surface area (Å²) in [6.45, 7) is 8.14. The Hall–Kier alpha value is -1.73. The monoisotopic (exact) mass is 421 g/mol. The van der Waals surface area contributed by atoms with E-state index < -0.39 is 0 Å². The van der Waals surface area contributed by atoms with Crippen LogP contribution in [0, 0.1) is 0 Å². The summed E-state index contributed by atoms with van der Waals surface area (Å²) in [5.74, 6) is 0.335. The van der Waals surface area contributed by atoms with Crippen molar-refractivity contribution < 1.29 is 4.79 Å². The largest absolute Gasteiger partial charge is 0.303 e. The Morgan fingerprint density at radius 3 is 2.69 bits per heavy atom. The number of aromatic nitrogens is 3. The summed E-state index contributed by atoms with van der Waals surface area (Å²) in [6.07, 6.45) is 5.27. The van der Waals surface area contributed by atoms with E-state index in [0.29, 0.717) is 18.9 Å². The average molecular weight is 422 g/mol. The predicted octanol–water partition coefficient (Wildman–Crippen LogP) is 3.93. The Morgan fingerprint density at radius 2 is 2.00 bits per heavy atom. The van der Waals surface area contributed by atoms with E-state index in [1.54, 1.807) is 11.0 Å². The zero-order valence-corrected chi connectivity index (χ0v) is 17.2. The molecule has 1 aromatic heterocycles. The Labute approximate surface area is 164 Å². The topological polar surface area (TPSA) is 63.1 Å². The molecule has 2 rings (SSSR count). The van der Waals surface area contributed by atoms with Gasteiger partial charge in [0.25, 0.3) is 0 Å². The highest BCUT2D eigenvalue weighted by Gasteiger charge is 2.09. The van der Waals surface area contributed by atoms with Gasteiger partial charge in [0.1, 0.15) is 6.33 Å². The van der Waals surface area contributed by atoms with Crippen molar-refractivity contribution >= 4 is 27.8 Å². The molecule has 1 aromatic carbocycles. The van der Waals surface area contributed by atoms with Gasteiger partial charge in [-0.15, -0.1) is 5.10 Å². The number of halogens is 1. The Balaban J connectivity index is 1.76. The SMILES string of the molecule is CCCN(CCC)CCCC(=O)Nc1ncn(Cc2cccc(Br)c2)n1. The molecule has 0 bridgehead atoms. The van der Waals surface area contributed by atoms with Crippen molar-refractivity contribution in [3.05, 3.63) is 40.6 Å². The highest BCUT2D eigenvalue weighted by Crippen LogP contribution is 2.12. The molecule has 26 heavy (non-hydrogen) atoms. The van der Waals surface area contributed by atoms with Gasteiger partial charge in [-0.25, -0.2) is 9.67 Å². The van der Waals surface area contributed by atoms with E-state index in [1.165, 1.54) is 0 Å². The molecule has 2 aromatic rings. The molecule has 0 aliphatic rings. The molecule has 0 radical (unpaired) electrons. The van der Waals surface area contributed by atoms with E-state index in [4.69, 9.17) is 0 Å². The zero-order chi connectivity index (χ0) is 18.8. The summed E-state index contributed by atoms with van der Waals surface area (Å²) in [7, 11) is 0. The Kier molecular flexibility index (Phi) is 8.77. The number of anilines is 1. The molecule has 1 amide bonds. The summed E-state index contributed by atoms with van der Waals surface area (Å²) in [5, 5.41) is 7.11. The second-order valence-electron chi connectivity index (χ2n) is 6.39. The second-order valence-corrected chi connectivity index (χ2v) is 7.30. The number of rotatable bonds is 11. The zero-order valence-electron chi connectivity index (χ0n) is 15.6. The predicted molar refractivity (Wildman–Crippen MR) is 108 cm³/mol. The smallest absolute Gasteiger partial charge is 0.248 e. The van der Waals surface area contributed by atoms with Gasteiger partial charge >= 0.3 is 0 Å². The first-order chi connectivity index (χ1) is 12.6. The molecule has 0 aliphatic carbocycles. The maximum Gasteiger partial charge on any atom is 0.248 e. The summed E-state index contributed by atoms with van der Waals surface area (Å²) in [5.41, 5.74) is 1.12. The maximum absolute atomic E-state index is 12.1. The van der Waals surface area contributed by atoms with E-state index in [0.717, 1.165) is 48.9 Å². The minimum absolute atomic E-state index is 0.0295. The number of hydrogen-bond donors (Lipinski definition) is 1. The van der Waals surface area contributed by atoms with E-state index in [9.17, 15) is 4.79 Å². The molecule has 0 saturated heterocycles. The van der Waals surface area contributed by atoms with Crippen LogP contribution in [0.3, 0.4) is 0 Å². The van der Waals surface area contributed by atoms with Gasteiger partial charge in [0.05, 0.1) is 6.54 Å². The lowest BCUT2D eigenvalue weighted by molar-refractivity contribution is -0.116. The van der Waals surface area contributed by atoms with Crippen LogP contribution < -0.4 is 5.32 Å². The number of amides is 1. The molecule has 0 spiro atoms. The lowest BCUT2D eigenvalue weighted by Gasteiger charge is -2.20. The molecule has 1 N–H and O–H groups in total. The lowest BCUT2D eigenvalue weighted by Crippen LogP contribution is -2.27. The average Bonchev–Trinajstić information content (AvgIpc) is 3.02. The molecule has 1 heterocycles. The molecule has 142 valence electrons. The van der Waals surface area contributed by atoms with E-state index >= 15 is 0 Å². The quantitative estimate of drug-likeness (QED) is 0.596. The second kappa shape index (κ2) is 11.1. The van der Waals surface area contributed by atoms with Gasteiger partial charge in [0.15, 0.2) is 0 Å². The fourth-order valence-electron chi connectivity index (χ4n) is 2.87. The third-order valence-corrected chi connectivity index (χ3v) is 4.47. The Bertz CT molecular complexity index is 682. The van der Waals surface area contributed by atoms with Gasteiger partial charge in [-0.2, -0.15) is 0 Å². The lowest BCUT2D eigenvalue weighted by atomic mass is 10.2. The van der Waals surface area contributed by atoms with Gasteiger partial charge in [-0.05, 0) is 56.6 Å². The van der Waals surface area contributed by atoms with Gasteiger partial charge in [0, 0.05) is 10.9 Å². The van der Waals surface area contributed by atoms with Crippen LogP contribution in [0.2, 0.25) is 0 Å². The molecule has 7 heteroatoms. The summed E-state index contributed by atoms with van der Waals surface area (Å²) in [6, 6.07) is 8.04. The first-order valence-corrected chi connectivity index (χ1v) is 10.1. The molecule has 0 aliphatic heterocycles. The van der Waals surface area contributed by atoms with Crippen LogP contribution in [0.5, 0.6) is 0 Å². The fourth-order valence-corrected chi connectivity index (χ4v) is 3.32. The van der Waals surface area contributed by atoms with Crippen LogP contribution in [0.1, 0.15) is 45.1 Å². The minimum atomic E-state index is -0.0295. The number of nitrogens with zero attached hydrogens (tertiary/aromatic N) is 4. The minimum Gasteiger partial charge on any atom is -0.303 e. The van der Waals surface area contributed by atoms with Crippen molar-refractivity contribution in [3.8, 4) is 0 Å². The normalized spacial score (nSPS) is 11.1. The molecular formula is C19H28BrN5O. The van der Waals surface area contributed by atoms with Crippen LogP contribution in [0.25, 0.3) is 0 Å². The van der Waals surface area contributed by atoms with Crippen molar-refractivity contribution in [3.63, 3.8) is 0 Å². The highest BCUT2D eigenvalue weighted by atomic mass is 79.9. The van der Waals surface area contributed by atoms with Gasteiger partial charge < -0.3 is 4.90 Å². The highest BCUT2D eigenvalue weighted by molar-refractivity contribution is 9.10. The van der Waals surface area contributed by atoms with Crippen LogP contribution >= 0.6 is 15.9 Å². The number of carbonyl (C=O) groups is 1. The molecule has 0 saturated carbocycles. The molecule has 0 fully saturated rings. The molecular weight excluding hydrogens is 394 g/mol. The van der Waals surface area contributed by atoms with Crippen LogP contribution in [-0.2, 0) is 11.3 Å². The molecule has 6 nitrogen and oxygen atoms in total. The number of benzene rings is 1. The molecule has 0 unspecified atom stereocenters. The van der Waals surface area contributed by atoms with Gasteiger partial charge in [-0.3, -0.25) is 10.1 Å². The van der Waals surface area contributed by atoms with Crippen molar-refractivity contribution in [1.82, 2.24) is 19.7 Å². The van der Waals surface area contributed by atoms with Crippen molar-refractivity contribution in [2.24, 2.45) is 0 Å². The summed E-state index contributed by atoms with van der Waals surface area (Å²) in [4.78, 5) is 18.7. The maximum atomic E-state index is 12.1. The van der Waals surface area contributed by atoms with E-state index in [-0.39, 0.29) is 5.91 Å². The fraction of sp³-hybridized carbons (Fsp3) is 0.526. The summed E-state index contributed by atoms with van der Waals surface area (Å²) < 4.78 is 2.76. The first-order valence-electron chi connectivity index (χ1n) is 9.26. The third kappa shape index (κ3) is 7.25. The Morgan fingerprint density at radius 1 is 1.23 bits per heavy atom. The van der Waals surface area contributed by atoms with Gasteiger partial charge in [-0.1, -0.05) is 41.9 Å². The van der Waals surface area contributed by atoms with E-state index in [1.807, 2.05) is 24.3 Å². The van der Waals surface area contributed by atoms with Crippen LogP contribution in [0.15, 0.2) is 35.1 Å². The van der Waals surface area contributed by atoms with E-state index in [2.05, 4.69) is 50.1 Å². The van der Waals surface area contributed by atoms with Crippen molar-refractivity contribution in [1.29, 1.82) is 0 Å². The summed E-state index contributed by atoms with van der Waals surface area (Å²) >= 11 is 3.46.